The van der Waals surface area contributed by atoms with Crippen molar-refractivity contribution in [2.45, 2.75) is 83.5 Å². The van der Waals surface area contributed by atoms with E-state index >= 15 is 0 Å². The zero-order chi connectivity index (χ0) is 19.1. The second-order valence-electron chi connectivity index (χ2n) is 8.80. The van der Waals surface area contributed by atoms with Crippen molar-refractivity contribution in [3.8, 4) is 6.07 Å². The summed E-state index contributed by atoms with van der Waals surface area (Å²) in [6, 6.07) is 10.9. The van der Waals surface area contributed by atoms with Crippen LogP contribution in [-0.4, -0.2) is 0 Å². The second-order valence-corrected chi connectivity index (χ2v) is 8.80. The number of halogens is 1. The summed E-state index contributed by atoms with van der Waals surface area (Å²) >= 11 is 0. The Labute approximate surface area is 164 Å². The maximum atomic E-state index is 13.1. The molecule has 2 fully saturated rings. The SMILES string of the molecule is CCc1ccc(C2CCC(CCC3CCC(/C=C(/F)C#N)CC3)CC2)cc1. The average molecular weight is 368 g/mol. The van der Waals surface area contributed by atoms with Crippen LogP contribution in [-0.2, 0) is 6.42 Å². The Morgan fingerprint density at radius 3 is 2.04 bits per heavy atom. The zero-order valence-electron chi connectivity index (χ0n) is 16.8. The number of nitrogens with zero attached hydrogens (tertiary/aromatic N) is 1. The van der Waals surface area contributed by atoms with Crippen LogP contribution >= 0.6 is 0 Å². The van der Waals surface area contributed by atoms with Crippen molar-refractivity contribution in [2.75, 3.05) is 0 Å². The molecule has 3 rings (SSSR count). The fourth-order valence-electron chi connectivity index (χ4n) is 5.17. The van der Waals surface area contributed by atoms with Gasteiger partial charge in [0.15, 0.2) is 5.83 Å². The number of hydrogen-bond acceptors (Lipinski definition) is 1. The fourth-order valence-corrected chi connectivity index (χ4v) is 5.17. The lowest BCUT2D eigenvalue weighted by atomic mass is 9.74. The summed E-state index contributed by atoms with van der Waals surface area (Å²) in [6.45, 7) is 2.22. The molecule has 0 saturated heterocycles. The number of benzene rings is 1. The highest BCUT2D eigenvalue weighted by atomic mass is 19.1. The van der Waals surface area contributed by atoms with Crippen LogP contribution in [0.1, 0.15) is 88.2 Å². The van der Waals surface area contributed by atoms with E-state index in [2.05, 4.69) is 31.2 Å². The van der Waals surface area contributed by atoms with Crippen LogP contribution in [0.2, 0.25) is 0 Å². The van der Waals surface area contributed by atoms with Crippen molar-refractivity contribution in [1.29, 1.82) is 5.26 Å². The summed E-state index contributed by atoms with van der Waals surface area (Å²) in [7, 11) is 0. The third kappa shape index (κ3) is 5.93. The van der Waals surface area contributed by atoms with Crippen molar-refractivity contribution in [3.05, 3.63) is 47.3 Å². The second kappa shape index (κ2) is 10.1. The van der Waals surface area contributed by atoms with Gasteiger partial charge in [0.25, 0.3) is 0 Å². The predicted octanol–water partition coefficient (Wildman–Crippen LogP) is 7.49. The van der Waals surface area contributed by atoms with E-state index < -0.39 is 5.83 Å². The smallest absolute Gasteiger partial charge is 0.195 e. The summed E-state index contributed by atoms with van der Waals surface area (Å²) in [6.07, 6.45) is 15.4. The van der Waals surface area contributed by atoms with E-state index in [1.54, 1.807) is 17.7 Å². The summed E-state index contributed by atoms with van der Waals surface area (Å²) < 4.78 is 13.1. The predicted molar refractivity (Wildman–Crippen MR) is 110 cm³/mol. The van der Waals surface area contributed by atoms with Crippen molar-refractivity contribution >= 4 is 0 Å². The van der Waals surface area contributed by atoms with Gasteiger partial charge in [0.05, 0.1) is 0 Å². The topological polar surface area (TPSA) is 23.8 Å². The van der Waals surface area contributed by atoms with Gasteiger partial charge in [0, 0.05) is 0 Å². The number of rotatable bonds is 6. The molecule has 2 heteroatoms. The third-order valence-corrected chi connectivity index (χ3v) is 7.07. The highest BCUT2D eigenvalue weighted by Gasteiger charge is 2.25. The molecule has 0 aliphatic heterocycles. The monoisotopic (exact) mass is 367 g/mol. The maximum Gasteiger partial charge on any atom is 0.196 e. The molecule has 0 aromatic heterocycles. The molecule has 2 aliphatic rings. The van der Waals surface area contributed by atoms with Gasteiger partial charge in [-0.2, -0.15) is 9.65 Å². The molecule has 0 atom stereocenters. The number of hydrogen-bond donors (Lipinski definition) is 0. The number of nitriles is 1. The minimum absolute atomic E-state index is 0.287. The molecule has 2 aliphatic carbocycles. The first kappa shape index (κ1) is 20.1. The first-order chi connectivity index (χ1) is 13.2. The molecular formula is C25H34FN. The molecule has 0 amide bonds. The normalized spacial score (nSPS) is 29.3. The Bertz CT molecular complexity index is 638. The molecule has 0 bridgehead atoms. The van der Waals surface area contributed by atoms with E-state index in [1.165, 1.54) is 56.9 Å². The van der Waals surface area contributed by atoms with Gasteiger partial charge < -0.3 is 0 Å². The lowest BCUT2D eigenvalue weighted by molar-refractivity contribution is 0.245. The largest absolute Gasteiger partial charge is 0.196 e. The van der Waals surface area contributed by atoms with Gasteiger partial charge in [0.2, 0.25) is 0 Å². The molecular weight excluding hydrogens is 333 g/mol. The molecule has 0 heterocycles. The van der Waals surface area contributed by atoms with Gasteiger partial charge in [-0.05, 0) is 98.7 Å². The lowest BCUT2D eigenvalue weighted by Gasteiger charge is -2.31. The molecule has 1 aromatic carbocycles. The lowest BCUT2D eigenvalue weighted by Crippen LogP contribution is -2.17. The Morgan fingerprint density at radius 1 is 0.963 bits per heavy atom. The number of aryl methyl sites for hydroxylation is 1. The van der Waals surface area contributed by atoms with Crippen molar-refractivity contribution in [2.24, 2.45) is 17.8 Å². The molecule has 1 nitrogen and oxygen atoms in total. The molecule has 0 radical (unpaired) electrons. The molecule has 27 heavy (non-hydrogen) atoms. The summed E-state index contributed by atoms with van der Waals surface area (Å²) in [5.74, 6) is 2.18. The van der Waals surface area contributed by atoms with Crippen LogP contribution in [0.5, 0.6) is 0 Å². The van der Waals surface area contributed by atoms with E-state index in [9.17, 15) is 4.39 Å². The fraction of sp³-hybridized carbons (Fsp3) is 0.640. The molecule has 0 spiro atoms. The van der Waals surface area contributed by atoms with Crippen LogP contribution in [0.4, 0.5) is 4.39 Å². The zero-order valence-corrected chi connectivity index (χ0v) is 16.8. The minimum atomic E-state index is -0.598. The maximum absolute atomic E-state index is 13.1. The third-order valence-electron chi connectivity index (χ3n) is 7.07. The Hall–Kier alpha value is -1.62. The Kier molecular flexibility index (Phi) is 7.50. The van der Waals surface area contributed by atoms with Crippen molar-refractivity contribution in [1.82, 2.24) is 0 Å². The van der Waals surface area contributed by atoms with Crippen molar-refractivity contribution in [3.63, 3.8) is 0 Å². The highest BCUT2D eigenvalue weighted by molar-refractivity contribution is 5.25. The molecule has 2 saturated carbocycles. The summed E-state index contributed by atoms with van der Waals surface area (Å²) in [5, 5.41) is 8.57. The summed E-state index contributed by atoms with van der Waals surface area (Å²) in [5.41, 5.74) is 2.98. The average Bonchev–Trinajstić information content (AvgIpc) is 2.73. The van der Waals surface area contributed by atoms with Gasteiger partial charge in [0.1, 0.15) is 6.07 Å². The van der Waals surface area contributed by atoms with Gasteiger partial charge in [-0.3, -0.25) is 0 Å². The molecule has 146 valence electrons. The minimum Gasteiger partial charge on any atom is -0.195 e. The standard InChI is InChI=1S/C25H34FN/c1-2-19-9-13-23(14-10-19)24-15-11-21(12-16-24)4-3-20-5-7-22(8-6-20)17-25(26)18-27/h9-10,13-14,17,20-22,24H,2-8,11-12,15-16H2,1H3/b25-17+. The first-order valence-electron chi connectivity index (χ1n) is 11.0. The van der Waals surface area contributed by atoms with E-state index in [0.29, 0.717) is 0 Å². The van der Waals surface area contributed by atoms with Gasteiger partial charge in [-0.25, -0.2) is 0 Å². The van der Waals surface area contributed by atoms with E-state index in [-0.39, 0.29) is 5.92 Å². The van der Waals surface area contributed by atoms with Gasteiger partial charge >= 0.3 is 0 Å². The van der Waals surface area contributed by atoms with E-state index in [0.717, 1.165) is 37.0 Å². The van der Waals surface area contributed by atoms with E-state index in [4.69, 9.17) is 5.26 Å². The first-order valence-corrected chi connectivity index (χ1v) is 11.0. The molecule has 0 unspecified atom stereocenters. The van der Waals surface area contributed by atoms with Crippen LogP contribution in [0.15, 0.2) is 36.2 Å². The van der Waals surface area contributed by atoms with Gasteiger partial charge in [-0.1, -0.05) is 44.0 Å². The summed E-state index contributed by atoms with van der Waals surface area (Å²) in [4.78, 5) is 0. The van der Waals surface area contributed by atoms with Crippen LogP contribution in [0.25, 0.3) is 0 Å². The van der Waals surface area contributed by atoms with Gasteiger partial charge in [-0.15, -0.1) is 0 Å². The number of allylic oxidation sites excluding steroid dienone is 2. The molecule has 1 aromatic rings. The molecule has 0 N–H and O–H groups in total. The van der Waals surface area contributed by atoms with E-state index in [1.807, 2.05) is 0 Å². The quantitative estimate of drug-likeness (QED) is 0.478. The van der Waals surface area contributed by atoms with Crippen LogP contribution < -0.4 is 0 Å². The van der Waals surface area contributed by atoms with Crippen LogP contribution in [0, 0.1) is 29.1 Å². The van der Waals surface area contributed by atoms with Crippen molar-refractivity contribution < 1.29 is 4.39 Å². The van der Waals surface area contributed by atoms with Crippen LogP contribution in [0.3, 0.4) is 0 Å². The Balaban J connectivity index is 1.36. The highest BCUT2D eigenvalue weighted by Crippen LogP contribution is 2.40. The Morgan fingerprint density at radius 2 is 1.52 bits per heavy atom.